The molecule has 1 fully saturated rings. The fourth-order valence-corrected chi connectivity index (χ4v) is 2.77. The molecule has 1 aromatic carbocycles. The summed E-state index contributed by atoms with van der Waals surface area (Å²) in [4.78, 5) is 14.6. The molecule has 0 aromatic heterocycles. The maximum atomic E-state index is 12.5. The summed E-state index contributed by atoms with van der Waals surface area (Å²) in [5.41, 5.74) is 7.41. The molecule has 2 atom stereocenters. The van der Waals surface area contributed by atoms with Crippen molar-refractivity contribution in [3.05, 3.63) is 35.4 Å². The van der Waals surface area contributed by atoms with Crippen molar-refractivity contribution in [3.63, 3.8) is 0 Å². The highest BCUT2D eigenvalue weighted by Gasteiger charge is 2.33. The van der Waals surface area contributed by atoms with E-state index in [-0.39, 0.29) is 18.3 Å². The van der Waals surface area contributed by atoms with Gasteiger partial charge < -0.3 is 10.6 Å². The van der Waals surface area contributed by atoms with Crippen LogP contribution in [0.15, 0.2) is 24.3 Å². The highest BCUT2D eigenvalue weighted by molar-refractivity contribution is 5.94. The number of amides is 1. The number of nitrogens with two attached hydrogens (primary N) is 1. The van der Waals surface area contributed by atoms with Crippen LogP contribution in [0.4, 0.5) is 0 Å². The Bertz CT molecular complexity index is 419. The number of benzene rings is 1. The summed E-state index contributed by atoms with van der Waals surface area (Å²) in [5.74, 6) is 0.162. The fraction of sp³-hybridized carbons (Fsp3) is 0.533. The number of carbonyl (C=O) groups excluding carboxylic acids is 1. The number of rotatable bonds is 3. The maximum absolute atomic E-state index is 12.5. The molecular formula is C15H23ClN2O. The highest BCUT2D eigenvalue weighted by Crippen LogP contribution is 2.27. The lowest BCUT2D eigenvalue weighted by molar-refractivity contribution is 0.0676. The molecule has 0 bridgehead atoms. The Morgan fingerprint density at radius 1 is 1.32 bits per heavy atom. The van der Waals surface area contributed by atoms with Gasteiger partial charge in [-0.15, -0.1) is 12.4 Å². The van der Waals surface area contributed by atoms with Gasteiger partial charge in [0.05, 0.1) is 0 Å². The molecule has 4 heteroatoms. The normalized spacial score (nSPS) is 22.2. The zero-order chi connectivity index (χ0) is 13.1. The molecule has 19 heavy (non-hydrogen) atoms. The summed E-state index contributed by atoms with van der Waals surface area (Å²) in [7, 11) is 0. The van der Waals surface area contributed by atoms with Crippen LogP contribution in [0, 0.1) is 0 Å². The van der Waals surface area contributed by atoms with Gasteiger partial charge in [0, 0.05) is 24.2 Å². The minimum atomic E-state index is 0. The zero-order valence-corrected chi connectivity index (χ0v) is 12.5. The lowest BCUT2D eigenvalue weighted by Crippen LogP contribution is -2.39. The smallest absolute Gasteiger partial charge is 0.254 e. The van der Waals surface area contributed by atoms with Gasteiger partial charge in [-0.25, -0.2) is 0 Å². The van der Waals surface area contributed by atoms with E-state index >= 15 is 0 Å². The van der Waals surface area contributed by atoms with Crippen molar-refractivity contribution >= 4 is 18.3 Å². The van der Waals surface area contributed by atoms with E-state index in [0.29, 0.717) is 18.6 Å². The summed E-state index contributed by atoms with van der Waals surface area (Å²) >= 11 is 0. The molecule has 2 rings (SSSR count). The van der Waals surface area contributed by atoms with E-state index < -0.39 is 0 Å². The minimum absolute atomic E-state index is 0. The van der Waals surface area contributed by atoms with Crippen molar-refractivity contribution in [2.45, 2.75) is 51.7 Å². The Labute approximate surface area is 121 Å². The topological polar surface area (TPSA) is 46.3 Å². The van der Waals surface area contributed by atoms with Crippen LogP contribution >= 0.6 is 12.4 Å². The van der Waals surface area contributed by atoms with Crippen molar-refractivity contribution < 1.29 is 4.79 Å². The summed E-state index contributed by atoms with van der Waals surface area (Å²) in [6.45, 7) is 4.81. The van der Waals surface area contributed by atoms with Gasteiger partial charge in [0.1, 0.15) is 0 Å². The molecule has 1 saturated heterocycles. The van der Waals surface area contributed by atoms with Gasteiger partial charge in [-0.2, -0.15) is 0 Å². The average Bonchev–Trinajstić information content (AvgIpc) is 2.79. The molecule has 2 unspecified atom stereocenters. The zero-order valence-electron chi connectivity index (χ0n) is 11.6. The van der Waals surface area contributed by atoms with Crippen molar-refractivity contribution in [2.75, 3.05) is 0 Å². The molecule has 1 aliphatic heterocycles. The van der Waals surface area contributed by atoms with E-state index in [2.05, 4.69) is 18.7 Å². The Morgan fingerprint density at radius 2 is 1.95 bits per heavy atom. The monoisotopic (exact) mass is 282 g/mol. The van der Waals surface area contributed by atoms with E-state index in [1.165, 1.54) is 0 Å². The van der Waals surface area contributed by atoms with Gasteiger partial charge in [0.2, 0.25) is 0 Å². The molecule has 1 aromatic rings. The van der Waals surface area contributed by atoms with E-state index in [9.17, 15) is 4.79 Å². The highest BCUT2D eigenvalue weighted by atomic mass is 35.5. The molecule has 0 radical (unpaired) electrons. The molecule has 2 N–H and O–H groups in total. The molecule has 3 nitrogen and oxygen atoms in total. The van der Waals surface area contributed by atoms with Crippen LogP contribution in [0.25, 0.3) is 0 Å². The minimum Gasteiger partial charge on any atom is -0.333 e. The number of nitrogens with zero attached hydrogens (tertiary/aromatic N) is 1. The van der Waals surface area contributed by atoms with Crippen LogP contribution in [-0.2, 0) is 6.54 Å². The number of likely N-dealkylation sites (tertiary alicyclic amines) is 1. The second-order valence-corrected chi connectivity index (χ2v) is 5.10. The molecule has 0 aliphatic carbocycles. The van der Waals surface area contributed by atoms with Crippen molar-refractivity contribution in [1.82, 2.24) is 4.90 Å². The third-order valence-corrected chi connectivity index (χ3v) is 3.93. The second kappa shape index (κ2) is 6.92. The van der Waals surface area contributed by atoms with Crippen LogP contribution in [0.3, 0.4) is 0 Å². The van der Waals surface area contributed by atoms with Crippen molar-refractivity contribution in [1.29, 1.82) is 0 Å². The maximum Gasteiger partial charge on any atom is 0.254 e. The van der Waals surface area contributed by atoms with E-state index in [1.54, 1.807) is 0 Å². The number of carbonyl (C=O) groups is 1. The Hall–Kier alpha value is -1.06. The molecular weight excluding hydrogens is 260 g/mol. The lowest BCUT2D eigenvalue weighted by atomic mass is 10.1. The van der Waals surface area contributed by atoms with E-state index in [4.69, 9.17) is 5.73 Å². The van der Waals surface area contributed by atoms with Gasteiger partial charge in [0.15, 0.2) is 0 Å². The summed E-state index contributed by atoms with van der Waals surface area (Å²) in [6, 6.07) is 8.42. The first kappa shape index (κ1) is 16.0. The largest absolute Gasteiger partial charge is 0.333 e. The first-order chi connectivity index (χ1) is 8.67. The standard InChI is InChI=1S/C15H22N2O.ClH/c1-3-14-9-4-11(2)17(14)15(18)13-7-5-12(10-16)6-8-13;/h5-8,11,14H,3-4,9-10,16H2,1-2H3;1H. The SMILES string of the molecule is CCC1CCC(C)N1C(=O)c1ccc(CN)cc1.Cl. The van der Waals surface area contributed by atoms with E-state index in [1.807, 2.05) is 24.3 Å². The van der Waals surface area contributed by atoms with Crippen LogP contribution < -0.4 is 5.73 Å². The van der Waals surface area contributed by atoms with Crippen LogP contribution in [0.2, 0.25) is 0 Å². The van der Waals surface area contributed by atoms with Crippen molar-refractivity contribution in [3.8, 4) is 0 Å². The predicted molar refractivity (Wildman–Crippen MR) is 80.5 cm³/mol. The quantitative estimate of drug-likeness (QED) is 0.926. The van der Waals surface area contributed by atoms with E-state index in [0.717, 1.165) is 30.4 Å². The molecule has 1 amide bonds. The summed E-state index contributed by atoms with van der Waals surface area (Å²) < 4.78 is 0. The number of hydrogen-bond donors (Lipinski definition) is 1. The Kier molecular flexibility index (Phi) is 5.83. The fourth-order valence-electron chi connectivity index (χ4n) is 2.77. The second-order valence-electron chi connectivity index (χ2n) is 5.10. The third kappa shape index (κ3) is 3.28. The van der Waals surface area contributed by atoms with Gasteiger partial charge in [0.25, 0.3) is 5.91 Å². The summed E-state index contributed by atoms with van der Waals surface area (Å²) in [6.07, 6.45) is 3.28. The third-order valence-electron chi connectivity index (χ3n) is 3.93. The molecule has 1 heterocycles. The van der Waals surface area contributed by atoms with Gasteiger partial charge in [-0.3, -0.25) is 4.79 Å². The molecule has 106 valence electrons. The first-order valence-electron chi connectivity index (χ1n) is 6.79. The molecule has 1 aliphatic rings. The number of halogens is 1. The molecule has 0 saturated carbocycles. The van der Waals surface area contributed by atoms with Gasteiger partial charge in [-0.1, -0.05) is 19.1 Å². The average molecular weight is 283 g/mol. The Balaban J connectivity index is 0.00000180. The van der Waals surface area contributed by atoms with Crippen LogP contribution in [0.5, 0.6) is 0 Å². The first-order valence-corrected chi connectivity index (χ1v) is 6.79. The van der Waals surface area contributed by atoms with Crippen LogP contribution in [-0.4, -0.2) is 22.9 Å². The lowest BCUT2D eigenvalue weighted by Gasteiger charge is -2.28. The molecule has 0 spiro atoms. The predicted octanol–water partition coefficient (Wildman–Crippen LogP) is 2.97. The van der Waals surface area contributed by atoms with Crippen LogP contribution in [0.1, 0.15) is 49.0 Å². The number of hydrogen-bond acceptors (Lipinski definition) is 2. The van der Waals surface area contributed by atoms with Gasteiger partial charge >= 0.3 is 0 Å². The van der Waals surface area contributed by atoms with Crippen molar-refractivity contribution in [2.24, 2.45) is 5.73 Å². The van der Waals surface area contributed by atoms with Gasteiger partial charge in [-0.05, 0) is 43.9 Å². The summed E-state index contributed by atoms with van der Waals surface area (Å²) in [5, 5.41) is 0. The Morgan fingerprint density at radius 3 is 2.47 bits per heavy atom.